The zero-order valence-corrected chi connectivity index (χ0v) is 11.4. The number of aromatic carboxylic acids is 1. The summed E-state index contributed by atoms with van der Waals surface area (Å²) < 4.78 is 5.50. The summed E-state index contributed by atoms with van der Waals surface area (Å²) in [5.74, 6) is -1.81. The molecule has 0 saturated heterocycles. The van der Waals surface area contributed by atoms with Crippen molar-refractivity contribution in [1.82, 2.24) is 0 Å². The van der Waals surface area contributed by atoms with Gasteiger partial charge in [-0.05, 0) is 48.8 Å². The third-order valence-corrected chi connectivity index (χ3v) is 2.51. The first-order chi connectivity index (χ1) is 7.72. The van der Waals surface area contributed by atoms with Gasteiger partial charge in [-0.1, -0.05) is 6.07 Å². The van der Waals surface area contributed by atoms with E-state index in [1.165, 1.54) is 6.07 Å². The molecule has 1 rings (SSSR count). The second kappa shape index (κ2) is 4.87. The van der Waals surface area contributed by atoms with Gasteiger partial charge in [0.1, 0.15) is 5.60 Å². The molecule has 0 amide bonds. The first kappa shape index (κ1) is 13.7. The van der Waals surface area contributed by atoms with Gasteiger partial charge in [0.25, 0.3) is 0 Å². The fourth-order valence-corrected chi connectivity index (χ4v) is 1.78. The van der Waals surface area contributed by atoms with E-state index in [0.717, 1.165) is 0 Å². The Hall–Kier alpha value is -1.36. The van der Waals surface area contributed by atoms with E-state index in [0.29, 0.717) is 4.47 Å². The Balaban J connectivity index is 3.19. The van der Waals surface area contributed by atoms with Crippen LogP contribution in [0.5, 0.6) is 0 Å². The Labute approximate surface area is 108 Å². The van der Waals surface area contributed by atoms with Crippen LogP contribution in [0.25, 0.3) is 0 Å². The second-order valence-corrected chi connectivity index (χ2v) is 5.32. The van der Waals surface area contributed by atoms with E-state index in [1.807, 2.05) is 0 Å². The van der Waals surface area contributed by atoms with Crippen molar-refractivity contribution in [2.24, 2.45) is 0 Å². The number of halogens is 1. The first-order valence-electron chi connectivity index (χ1n) is 4.97. The van der Waals surface area contributed by atoms with Crippen LogP contribution in [-0.2, 0) is 4.74 Å². The van der Waals surface area contributed by atoms with Gasteiger partial charge in [-0.15, -0.1) is 0 Å². The molecule has 0 aliphatic rings. The van der Waals surface area contributed by atoms with Crippen LogP contribution in [0.3, 0.4) is 0 Å². The third-order valence-electron chi connectivity index (χ3n) is 1.85. The van der Waals surface area contributed by atoms with Crippen molar-refractivity contribution >= 4 is 27.9 Å². The van der Waals surface area contributed by atoms with Crippen LogP contribution in [0, 0.1) is 0 Å². The fraction of sp³-hybridized carbons (Fsp3) is 0.333. The SMILES string of the molecule is CC(C)(C)OC(=O)c1cccc(Br)c1C(=O)O. The number of esters is 1. The van der Waals surface area contributed by atoms with Gasteiger partial charge in [-0.25, -0.2) is 9.59 Å². The highest BCUT2D eigenvalue weighted by Gasteiger charge is 2.24. The fourth-order valence-electron chi connectivity index (χ4n) is 1.24. The molecule has 1 N–H and O–H groups in total. The Morgan fingerprint density at radius 1 is 1.29 bits per heavy atom. The lowest BCUT2D eigenvalue weighted by molar-refractivity contribution is 0.00657. The van der Waals surface area contributed by atoms with E-state index in [-0.39, 0.29) is 11.1 Å². The maximum Gasteiger partial charge on any atom is 0.339 e. The minimum Gasteiger partial charge on any atom is -0.478 e. The summed E-state index contributed by atoms with van der Waals surface area (Å²) in [7, 11) is 0. The van der Waals surface area contributed by atoms with Gasteiger partial charge in [0.2, 0.25) is 0 Å². The lowest BCUT2D eigenvalue weighted by atomic mass is 10.1. The molecule has 0 saturated carbocycles. The number of benzene rings is 1. The third kappa shape index (κ3) is 3.56. The van der Waals surface area contributed by atoms with E-state index < -0.39 is 17.5 Å². The van der Waals surface area contributed by atoms with Gasteiger partial charge in [-0.3, -0.25) is 0 Å². The number of hydrogen-bond acceptors (Lipinski definition) is 3. The Kier molecular flexibility index (Phi) is 3.93. The van der Waals surface area contributed by atoms with Crippen LogP contribution in [-0.4, -0.2) is 22.6 Å². The molecule has 0 aliphatic heterocycles. The van der Waals surface area contributed by atoms with Crippen LogP contribution in [0.15, 0.2) is 22.7 Å². The van der Waals surface area contributed by atoms with Gasteiger partial charge < -0.3 is 9.84 Å². The molecule has 0 radical (unpaired) electrons. The van der Waals surface area contributed by atoms with Gasteiger partial charge >= 0.3 is 11.9 Å². The molecule has 17 heavy (non-hydrogen) atoms. The van der Waals surface area contributed by atoms with Crippen molar-refractivity contribution in [1.29, 1.82) is 0 Å². The molecule has 4 nitrogen and oxygen atoms in total. The van der Waals surface area contributed by atoms with Crippen molar-refractivity contribution < 1.29 is 19.4 Å². The predicted octanol–water partition coefficient (Wildman–Crippen LogP) is 3.10. The second-order valence-electron chi connectivity index (χ2n) is 4.47. The lowest BCUT2D eigenvalue weighted by Gasteiger charge is -2.20. The molecule has 0 unspecified atom stereocenters. The van der Waals surface area contributed by atoms with Crippen LogP contribution in [0.2, 0.25) is 0 Å². The van der Waals surface area contributed by atoms with E-state index in [9.17, 15) is 9.59 Å². The summed E-state index contributed by atoms with van der Waals surface area (Å²) in [5.41, 5.74) is -0.696. The van der Waals surface area contributed by atoms with Crippen LogP contribution >= 0.6 is 15.9 Å². The number of carbonyl (C=O) groups is 2. The zero-order valence-electron chi connectivity index (χ0n) is 9.78. The van der Waals surface area contributed by atoms with Crippen molar-refractivity contribution in [2.45, 2.75) is 26.4 Å². The number of rotatable bonds is 2. The molecular formula is C12H13BrO4. The number of hydrogen-bond donors (Lipinski definition) is 1. The number of carboxylic acid groups (broad SMARTS) is 1. The predicted molar refractivity (Wildman–Crippen MR) is 66.3 cm³/mol. The van der Waals surface area contributed by atoms with Crippen molar-refractivity contribution in [3.63, 3.8) is 0 Å². The Bertz CT molecular complexity index is 460. The van der Waals surface area contributed by atoms with Gasteiger partial charge in [0, 0.05) is 4.47 Å². The largest absolute Gasteiger partial charge is 0.478 e. The van der Waals surface area contributed by atoms with Gasteiger partial charge in [0.05, 0.1) is 11.1 Å². The van der Waals surface area contributed by atoms with Gasteiger partial charge in [-0.2, -0.15) is 0 Å². The molecule has 0 fully saturated rings. The van der Waals surface area contributed by atoms with Crippen molar-refractivity contribution in [2.75, 3.05) is 0 Å². The average Bonchev–Trinajstić information content (AvgIpc) is 2.13. The van der Waals surface area contributed by atoms with Crippen LogP contribution in [0.1, 0.15) is 41.5 Å². The quantitative estimate of drug-likeness (QED) is 0.853. The molecule has 1 aromatic rings. The van der Waals surface area contributed by atoms with Crippen molar-refractivity contribution in [3.05, 3.63) is 33.8 Å². The zero-order chi connectivity index (χ0) is 13.2. The summed E-state index contributed by atoms with van der Waals surface area (Å²) in [6.45, 7) is 5.18. The molecule has 0 atom stereocenters. The average molecular weight is 301 g/mol. The summed E-state index contributed by atoms with van der Waals surface area (Å²) in [6, 6.07) is 4.59. The topological polar surface area (TPSA) is 63.6 Å². The smallest absolute Gasteiger partial charge is 0.339 e. The van der Waals surface area contributed by atoms with E-state index in [2.05, 4.69) is 15.9 Å². The highest BCUT2D eigenvalue weighted by atomic mass is 79.9. The Morgan fingerprint density at radius 3 is 2.35 bits per heavy atom. The monoisotopic (exact) mass is 300 g/mol. The summed E-state index contributed by atoms with van der Waals surface area (Å²) in [4.78, 5) is 22.9. The lowest BCUT2D eigenvalue weighted by Crippen LogP contribution is -2.25. The molecule has 92 valence electrons. The Morgan fingerprint density at radius 2 is 1.88 bits per heavy atom. The molecule has 0 aromatic heterocycles. The molecule has 0 aliphatic carbocycles. The molecule has 0 bridgehead atoms. The van der Waals surface area contributed by atoms with E-state index in [4.69, 9.17) is 9.84 Å². The molecule has 1 aromatic carbocycles. The summed E-state index contributed by atoms with van der Waals surface area (Å²) in [5, 5.41) is 9.06. The number of carboxylic acids is 1. The highest BCUT2D eigenvalue weighted by Crippen LogP contribution is 2.23. The van der Waals surface area contributed by atoms with Crippen LogP contribution < -0.4 is 0 Å². The molecule has 0 spiro atoms. The minimum atomic E-state index is -1.17. The standard InChI is InChI=1S/C12H13BrO4/c1-12(2,3)17-11(16)7-5-4-6-8(13)9(7)10(14)15/h4-6H,1-3H3,(H,14,15). The summed E-state index contributed by atoms with van der Waals surface area (Å²) >= 11 is 3.11. The highest BCUT2D eigenvalue weighted by molar-refractivity contribution is 9.10. The van der Waals surface area contributed by atoms with Crippen molar-refractivity contribution in [3.8, 4) is 0 Å². The number of carbonyl (C=O) groups excluding carboxylic acids is 1. The molecule has 0 heterocycles. The van der Waals surface area contributed by atoms with E-state index in [1.54, 1.807) is 32.9 Å². The van der Waals surface area contributed by atoms with Crippen LogP contribution in [0.4, 0.5) is 0 Å². The number of ether oxygens (including phenoxy) is 1. The molecular weight excluding hydrogens is 288 g/mol. The normalized spacial score (nSPS) is 11.1. The maximum absolute atomic E-state index is 11.8. The first-order valence-corrected chi connectivity index (χ1v) is 5.77. The molecule has 5 heteroatoms. The summed E-state index contributed by atoms with van der Waals surface area (Å²) in [6.07, 6.45) is 0. The maximum atomic E-state index is 11.8. The minimum absolute atomic E-state index is 0.0433. The van der Waals surface area contributed by atoms with E-state index >= 15 is 0 Å². The van der Waals surface area contributed by atoms with Gasteiger partial charge in [0.15, 0.2) is 0 Å².